The molecule has 0 aliphatic carbocycles. The number of aromatic carboxylic acids is 1. The van der Waals surface area contributed by atoms with E-state index in [1.807, 2.05) is 0 Å². The van der Waals surface area contributed by atoms with Gasteiger partial charge in [-0.25, -0.2) is 4.79 Å². The largest absolute Gasteiger partial charge is 0.496 e. The molecule has 0 aliphatic rings. The molecule has 1 aromatic carbocycles. The number of rotatable bonds is 4. The van der Waals surface area contributed by atoms with Gasteiger partial charge in [-0.1, -0.05) is 12.7 Å². The van der Waals surface area contributed by atoms with Gasteiger partial charge in [0.25, 0.3) is 0 Å². The van der Waals surface area contributed by atoms with Crippen molar-refractivity contribution in [3.8, 4) is 11.5 Å². The Morgan fingerprint density at radius 2 is 1.80 bits per heavy atom. The van der Waals surface area contributed by atoms with Crippen LogP contribution in [0.5, 0.6) is 11.5 Å². The molecular weight excluding hydrogens is 196 g/mol. The van der Waals surface area contributed by atoms with E-state index in [-0.39, 0.29) is 5.56 Å². The zero-order valence-corrected chi connectivity index (χ0v) is 8.61. The molecule has 1 rings (SSSR count). The van der Waals surface area contributed by atoms with Crippen molar-refractivity contribution in [1.82, 2.24) is 0 Å². The van der Waals surface area contributed by atoms with Gasteiger partial charge in [-0.15, -0.1) is 0 Å². The first kappa shape index (κ1) is 11.1. The van der Waals surface area contributed by atoms with Gasteiger partial charge in [-0.05, 0) is 12.1 Å². The molecule has 0 fully saturated rings. The Hall–Kier alpha value is -1.97. The highest BCUT2D eigenvalue weighted by Gasteiger charge is 2.13. The van der Waals surface area contributed by atoms with Crippen LogP contribution in [0, 0.1) is 0 Å². The molecule has 1 N–H and O–H groups in total. The van der Waals surface area contributed by atoms with Gasteiger partial charge in [-0.3, -0.25) is 0 Å². The van der Waals surface area contributed by atoms with Crippen LogP contribution < -0.4 is 9.47 Å². The van der Waals surface area contributed by atoms with Gasteiger partial charge in [0.05, 0.1) is 25.3 Å². The maximum absolute atomic E-state index is 10.8. The fourth-order valence-corrected chi connectivity index (χ4v) is 1.26. The van der Waals surface area contributed by atoms with Crippen molar-refractivity contribution < 1.29 is 19.4 Å². The van der Waals surface area contributed by atoms with Crippen LogP contribution in [0.4, 0.5) is 0 Å². The highest BCUT2D eigenvalue weighted by atomic mass is 16.5. The SMILES string of the molecule is C=Cc1c(OC)cc(C(=O)O)cc1OC. The van der Waals surface area contributed by atoms with Crippen LogP contribution >= 0.6 is 0 Å². The van der Waals surface area contributed by atoms with Gasteiger partial charge in [0.1, 0.15) is 11.5 Å². The second-order valence-corrected chi connectivity index (χ2v) is 2.80. The van der Waals surface area contributed by atoms with Crippen molar-refractivity contribution in [1.29, 1.82) is 0 Å². The zero-order chi connectivity index (χ0) is 11.4. The van der Waals surface area contributed by atoms with Crippen LogP contribution in [0.2, 0.25) is 0 Å². The lowest BCUT2D eigenvalue weighted by Gasteiger charge is -2.11. The molecule has 0 spiro atoms. The first-order valence-corrected chi connectivity index (χ1v) is 4.25. The Bertz CT molecular complexity index is 371. The predicted octanol–water partition coefficient (Wildman–Crippen LogP) is 2.04. The summed E-state index contributed by atoms with van der Waals surface area (Å²) in [6.45, 7) is 3.62. The average Bonchev–Trinajstić information content (AvgIpc) is 2.26. The van der Waals surface area contributed by atoms with E-state index >= 15 is 0 Å². The standard InChI is InChI=1S/C11H12O4/c1-4-8-9(14-2)5-7(11(12)13)6-10(8)15-3/h4-6H,1H2,2-3H3,(H,12,13). The van der Waals surface area contributed by atoms with Crippen molar-refractivity contribution >= 4 is 12.0 Å². The van der Waals surface area contributed by atoms with Crippen molar-refractivity contribution in [3.63, 3.8) is 0 Å². The third kappa shape index (κ3) is 2.10. The summed E-state index contributed by atoms with van der Waals surface area (Å²) >= 11 is 0. The van der Waals surface area contributed by atoms with E-state index in [2.05, 4.69) is 6.58 Å². The van der Waals surface area contributed by atoms with Gasteiger partial charge in [-0.2, -0.15) is 0 Å². The first-order chi connectivity index (χ1) is 7.13. The molecule has 0 unspecified atom stereocenters. The number of carboxylic acids is 1. The second-order valence-electron chi connectivity index (χ2n) is 2.80. The number of carbonyl (C=O) groups is 1. The average molecular weight is 208 g/mol. The minimum absolute atomic E-state index is 0.120. The summed E-state index contributed by atoms with van der Waals surface area (Å²) < 4.78 is 10.1. The van der Waals surface area contributed by atoms with E-state index in [1.165, 1.54) is 26.4 Å². The summed E-state index contributed by atoms with van der Waals surface area (Å²) in [4.78, 5) is 10.8. The van der Waals surface area contributed by atoms with Crippen LogP contribution in [0.3, 0.4) is 0 Å². The molecule has 0 amide bonds. The summed E-state index contributed by atoms with van der Waals surface area (Å²) in [7, 11) is 2.93. The quantitative estimate of drug-likeness (QED) is 0.822. The van der Waals surface area contributed by atoms with Crippen molar-refractivity contribution in [2.24, 2.45) is 0 Å². The molecule has 0 bridgehead atoms. The summed E-state index contributed by atoms with van der Waals surface area (Å²) in [5, 5.41) is 8.85. The lowest BCUT2D eigenvalue weighted by Crippen LogP contribution is -2.00. The van der Waals surface area contributed by atoms with Crippen LogP contribution in [-0.4, -0.2) is 25.3 Å². The van der Waals surface area contributed by atoms with E-state index in [0.717, 1.165) is 0 Å². The number of benzene rings is 1. The third-order valence-electron chi connectivity index (χ3n) is 2.00. The van der Waals surface area contributed by atoms with Crippen molar-refractivity contribution in [2.45, 2.75) is 0 Å². The number of hydrogen-bond donors (Lipinski definition) is 1. The first-order valence-electron chi connectivity index (χ1n) is 4.25. The van der Waals surface area contributed by atoms with Crippen LogP contribution in [0.1, 0.15) is 15.9 Å². The van der Waals surface area contributed by atoms with Gasteiger partial charge in [0.15, 0.2) is 0 Å². The molecule has 0 saturated carbocycles. The molecule has 0 atom stereocenters. The summed E-state index contributed by atoms with van der Waals surface area (Å²) in [5.74, 6) is -0.161. The Labute approximate surface area is 87.7 Å². The monoisotopic (exact) mass is 208 g/mol. The van der Waals surface area contributed by atoms with Crippen LogP contribution in [-0.2, 0) is 0 Å². The van der Waals surface area contributed by atoms with Gasteiger partial charge >= 0.3 is 5.97 Å². The Balaban J connectivity index is 3.41. The molecular formula is C11H12O4. The predicted molar refractivity (Wildman–Crippen MR) is 56.6 cm³/mol. The molecule has 0 heterocycles. The minimum Gasteiger partial charge on any atom is -0.496 e. The molecule has 0 radical (unpaired) electrons. The minimum atomic E-state index is -1.03. The maximum Gasteiger partial charge on any atom is 0.335 e. The van der Waals surface area contributed by atoms with E-state index < -0.39 is 5.97 Å². The topological polar surface area (TPSA) is 55.8 Å². The summed E-state index contributed by atoms with van der Waals surface area (Å²) in [5.41, 5.74) is 0.763. The van der Waals surface area contributed by atoms with E-state index in [9.17, 15) is 4.79 Å². The Kier molecular flexibility index (Phi) is 3.33. The van der Waals surface area contributed by atoms with E-state index in [1.54, 1.807) is 6.08 Å². The van der Waals surface area contributed by atoms with E-state index in [4.69, 9.17) is 14.6 Å². The molecule has 0 aromatic heterocycles. The molecule has 1 aromatic rings. The van der Waals surface area contributed by atoms with Crippen molar-refractivity contribution in [3.05, 3.63) is 29.8 Å². The molecule has 4 nitrogen and oxygen atoms in total. The third-order valence-corrected chi connectivity index (χ3v) is 2.00. The highest BCUT2D eigenvalue weighted by Crippen LogP contribution is 2.31. The smallest absolute Gasteiger partial charge is 0.335 e. The normalized spacial score (nSPS) is 9.47. The highest BCUT2D eigenvalue weighted by molar-refractivity contribution is 5.89. The molecule has 0 saturated heterocycles. The Morgan fingerprint density at radius 3 is 2.07 bits per heavy atom. The fourth-order valence-electron chi connectivity index (χ4n) is 1.26. The molecule has 0 aliphatic heterocycles. The number of methoxy groups -OCH3 is 2. The lowest BCUT2D eigenvalue weighted by atomic mass is 10.1. The van der Waals surface area contributed by atoms with Gasteiger partial charge < -0.3 is 14.6 Å². The second kappa shape index (κ2) is 4.50. The van der Waals surface area contributed by atoms with E-state index in [0.29, 0.717) is 17.1 Å². The van der Waals surface area contributed by atoms with Crippen LogP contribution in [0.15, 0.2) is 18.7 Å². The molecule has 80 valence electrons. The molecule has 4 heteroatoms. The number of hydrogen-bond acceptors (Lipinski definition) is 3. The summed E-state index contributed by atoms with van der Waals surface area (Å²) in [6.07, 6.45) is 1.56. The van der Waals surface area contributed by atoms with Crippen LogP contribution in [0.25, 0.3) is 6.08 Å². The summed E-state index contributed by atoms with van der Waals surface area (Å²) in [6, 6.07) is 2.86. The van der Waals surface area contributed by atoms with Gasteiger partial charge in [0.2, 0.25) is 0 Å². The molecule has 15 heavy (non-hydrogen) atoms. The zero-order valence-electron chi connectivity index (χ0n) is 8.61. The van der Waals surface area contributed by atoms with Crippen molar-refractivity contribution in [2.75, 3.05) is 14.2 Å². The Morgan fingerprint density at radius 1 is 1.33 bits per heavy atom. The number of carboxylic acid groups (broad SMARTS) is 1. The van der Waals surface area contributed by atoms with Gasteiger partial charge in [0, 0.05) is 0 Å². The maximum atomic E-state index is 10.8. The lowest BCUT2D eigenvalue weighted by molar-refractivity contribution is 0.0696. The number of ether oxygens (including phenoxy) is 2. The fraction of sp³-hybridized carbons (Fsp3) is 0.182.